The van der Waals surface area contributed by atoms with Gasteiger partial charge in [-0.2, -0.15) is 5.26 Å². The fourth-order valence-electron chi connectivity index (χ4n) is 3.68. The van der Waals surface area contributed by atoms with Crippen molar-refractivity contribution in [2.45, 2.75) is 45.1 Å². The molecule has 5 heteroatoms. The monoisotopic (exact) mass is 402 g/mol. The molecular formula is C24H26N2O2Si. The minimum atomic E-state index is -1.66. The second-order valence-corrected chi connectivity index (χ2v) is 13.2. The van der Waals surface area contributed by atoms with E-state index in [1.807, 2.05) is 29.2 Å². The zero-order chi connectivity index (χ0) is 21.2. The highest BCUT2D eigenvalue weighted by atomic mass is 28.3. The number of nitrogens with zero attached hydrogens (tertiary/aromatic N) is 2. The van der Waals surface area contributed by atoms with Gasteiger partial charge in [0.1, 0.15) is 13.8 Å². The quantitative estimate of drug-likeness (QED) is 0.556. The van der Waals surface area contributed by atoms with Crippen molar-refractivity contribution in [2.24, 2.45) is 0 Å². The first-order chi connectivity index (χ1) is 13.7. The van der Waals surface area contributed by atoms with E-state index >= 15 is 0 Å². The van der Waals surface area contributed by atoms with Gasteiger partial charge in [-0.1, -0.05) is 37.8 Å². The molecule has 1 aliphatic heterocycles. The Balaban J connectivity index is 2.13. The molecule has 2 atom stereocenters. The number of hydrogen-bond acceptors (Lipinski definition) is 3. The SMILES string of the molecule is COc1ccc2c(c1)C[C@H](C)N(C(=O)C#C[Si](C)(C)C)[C@H]2c1ccc(C#N)cc1. The molecule has 0 N–H and O–H groups in total. The Kier molecular flexibility index (Phi) is 5.82. The third-order valence-corrected chi connectivity index (χ3v) is 5.92. The van der Waals surface area contributed by atoms with Crippen molar-refractivity contribution in [2.75, 3.05) is 7.11 Å². The molecule has 2 aromatic rings. The second-order valence-electron chi connectivity index (χ2n) is 8.47. The first-order valence-electron chi connectivity index (χ1n) is 9.76. The van der Waals surface area contributed by atoms with E-state index in [2.05, 4.69) is 50.2 Å². The van der Waals surface area contributed by atoms with Crippen molar-refractivity contribution in [1.82, 2.24) is 4.90 Å². The van der Waals surface area contributed by atoms with Gasteiger partial charge in [0, 0.05) is 6.04 Å². The number of nitriles is 1. The number of benzene rings is 2. The Morgan fingerprint density at radius 2 is 1.86 bits per heavy atom. The molecule has 4 nitrogen and oxygen atoms in total. The first kappa shape index (κ1) is 20.7. The minimum absolute atomic E-state index is 0.00122. The third kappa shape index (κ3) is 4.53. The van der Waals surface area contributed by atoms with Gasteiger partial charge in [-0.15, -0.1) is 5.54 Å². The molecule has 0 saturated heterocycles. The molecule has 0 aromatic heterocycles. The fraction of sp³-hybridized carbons (Fsp3) is 0.333. The zero-order valence-electron chi connectivity index (χ0n) is 17.6. The summed E-state index contributed by atoms with van der Waals surface area (Å²) in [5, 5.41) is 9.14. The molecule has 1 amide bonds. The lowest BCUT2D eigenvalue weighted by Crippen LogP contribution is -2.46. The van der Waals surface area contributed by atoms with E-state index < -0.39 is 8.07 Å². The van der Waals surface area contributed by atoms with Crippen LogP contribution in [0.4, 0.5) is 0 Å². The molecular weight excluding hydrogens is 376 g/mol. The van der Waals surface area contributed by atoms with Crippen molar-refractivity contribution >= 4 is 14.0 Å². The van der Waals surface area contributed by atoms with E-state index in [-0.39, 0.29) is 18.0 Å². The van der Waals surface area contributed by atoms with E-state index in [0.717, 1.165) is 23.3 Å². The van der Waals surface area contributed by atoms with Gasteiger partial charge in [0.15, 0.2) is 0 Å². The van der Waals surface area contributed by atoms with Crippen LogP contribution in [0.5, 0.6) is 5.75 Å². The molecule has 0 spiro atoms. The minimum Gasteiger partial charge on any atom is -0.497 e. The van der Waals surface area contributed by atoms with Crippen LogP contribution in [0, 0.1) is 22.8 Å². The highest BCUT2D eigenvalue weighted by Crippen LogP contribution is 2.39. The van der Waals surface area contributed by atoms with Crippen LogP contribution in [0.3, 0.4) is 0 Å². The number of hydrogen-bond donors (Lipinski definition) is 0. The topological polar surface area (TPSA) is 53.3 Å². The average molecular weight is 403 g/mol. The van der Waals surface area contributed by atoms with Crippen molar-refractivity contribution in [3.05, 3.63) is 64.7 Å². The van der Waals surface area contributed by atoms with Crippen LogP contribution in [-0.2, 0) is 11.2 Å². The smallest absolute Gasteiger partial charge is 0.298 e. The number of carbonyl (C=O) groups excluding carboxylic acids is 1. The molecule has 0 aliphatic carbocycles. The Morgan fingerprint density at radius 1 is 1.17 bits per heavy atom. The summed E-state index contributed by atoms with van der Waals surface area (Å²) >= 11 is 0. The van der Waals surface area contributed by atoms with Crippen LogP contribution in [0.25, 0.3) is 0 Å². The molecule has 148 valence electrons. The summed E-state index contributed by atoms with van der Waals surface area (Å²) in [5.41, 5.74) is 7.04. The van der Waals surface area contributed by atoms with E-state index in [9.17, 15) is 4.79 Å². The molecule has 2 aromatic carbocycles. The average Bonchev–Trinajstić information content (AvgIpc) is 2.70. The lowest BCUT2D eigenvalue weighted by atomic mass is 9.84. The van der Waals surface area contributed by atoms with Gasteiger partial charge in [0.05, 0.1) is 24.8 Å². The van der Waals surface area contributed by atoms with Crippen molar-refractivity contribution < 1.29 is 9.53 Å². The van der Waals surface area contributed by atoms with Crippen LogP contribution in [0.15, 0.2) is 42.5 Å². The highest BCUT2D eigenvalue weighted by Gasteiger charge is 2.36. The molecule has 1 heterocycles. The second kappa shape index (κ2) is 8.15. The van der Waals surface area contributed by atoms with Gasteiger partial charge in [-0.05, 0) is 60.2 Å². The number of methoxy groups -OCH3 is 1. The predicted octanol–water partition coefficient (Wildman–Crippen LogP) is 4.31. The van der Waals surface area contributed by atoms with E-state index in [1.54, 1.807) is 19.2 Å². The third-order valence-electron chi connectivity index (χ3n) is 5.05. The summed E-state index contributed by atoms with van der Waals surface area (Å²) in [6.45, 7) is 8.46. The summed E-state index contributed by atoms with van der Waals surface area (Å²) in [4.78, 5) is 15.1. The Bertz CT molecular complexity index is 1020. The van der Waals surface area contributed by atoms with Gasteiger partial charge in [-0.3, -0.25) is 4.79 Å². The van der Waals surface area contributed by atoms with E-state index in [0.29, 0.717) is 5.56 Å². The molecule has 1 aliphatic rings. The summed E-state index contributed by atoms with van der Waals surface area (Å²) in [5.74, 6) is 3.59. The molecule has 3 rings (SSSR count). The summed E-state index contributed by atoms with van der Waals surface area (Å²) in [7, 11) is -0.00392. The maximum atomic E-state index is 13.2. The number of carbonyl (C=O) groups is 1. The summed E-state index contributed by atoms with van der Waals surface area (Å²) < 4.78 is 5.40. The highest BCUT2D eigenvalue weighted by molar-refractivity contribution is 6.84. The van der Waals surface area contributed by atoms with Crippen LogP contribution in [0.2, 0.25) is 19.6 Å². The number of rotatable bonds is 2. The lowest BCUT2D eigenvalue weighted by molar-refractivity contribution is -0.129. The predicted molar refractivity (Wildman–Crippen MR) is 117 cm³/mol. The largest absolute Gasteiger partial charge is 0.497 e. The molecule has 0 unspecified atom stereocenters. The molecule has 0 saturated carbocycles. The molecule has 0 fully saturated rings. The summed E-state index contributed by atoms with van der Waals surface area (Å²) in [6, 6.07) is 15.4. The van der Waals surface area contributed by atoms with Gasteiger partial charge in [0.25, 0.3) is 5.91 Å². The first-order valence-corrected chi connectivity index (χ1v) is 13.3. The van der Waals surface area contributed by atoms with Gasteiger partial charge >= 0.3 is 0 Å². The van der Waals surface area contributed by atoms with Gasteiger partial charge in [-0.25, -0.2) is 0 Å². The van der Waals surface area contributed by atoms with Crippen molar-refractivity contribution in [1.29, 1.82) is 5.26 Å². The van der Waals surface area contributed by atoms with E-state index in [1.165, 1.54) is 5.56 Å². The molecule has 0 bridgehead atoms. The number of ether oxygens (including phenoxy) is 1. The number of amides is 1. The Labute approximate surface area is 174 Å². The van der Waals surface area contributed by atoms with Crippen molar-refractivity contribution in [3.8, 4) is 23.3 Å². The van der Waals surface area contributed by atoms with E-state index in [4.69, 9.17) is 10.00 Å². The maximum absolute atomic E-state index is 13.2. The number of fused-ring (bicyclic) bond motifs is 1. The Hall–Kier alpha value is -3.02. The van der Waals surface area contributed by atoms with Crippen LogP contribution in [0.1, 0.15) is 35.2 Å². The van der Waals surface area contributed by atoms with Crippen LogP contribution < -0.4 is 4.74 Å². The van der Waals surface area contributed by atoms with Gasteiger partial charge < -0.3 is 9.64 Å². The van der Waals surface area contributed by atoms with Crippen LogP contribution >= 0.6 is 0 Å². The normalized spacial score (nSPS) is 18.1. The molecule has 0 radical (unpaired) electrons. The van der Waals surface area contributed by atoms with Crippen molar-refractivity contribution in [3.63, 3.8) is 0 Å². The van der Waals surface area contributed by atoms with Gasteiger partial charge in [0.2, 0.25) is 0 Å². The molecule has 29 heavy (non-hydrogen) atoms. The lowest BCUT2D eigenvalue weighted by Gasteiger charge is -2.41. The maximum Gasteiger partial charge on any atom is 0.298 e. The summed E-state index contributed by atoms with van der Waals surface area (Å²) in [6.07, 6.45) is 0.750. The standard InChI is InChI=1S/C24H26N2O2Si/c1-17-14-20-15-21(28-2)10-11-22(20)24(19-8-6-18(16-25)7-9-19)26(17)23(27)12-13-29(3,4)5/h6-11,15,17,24H,14H2,1-5H3/t17-,24-/m0/s1. The van der Waals surface area contributed by atoms with Crippen LogP contribution in [-0.4, -0.2) is 32.0 Å². The zero-order valence-corrected chi connectivity index (χ0v) is 18.6. The fourth-order valence-corrected chi connectivity index (χ4v) is 4.16. The Morgan fingerprint density at radius 3 is 2.45 bits per heavy atom.